The van der Waals surface area contributed by atoms with E-state index in [1.165, 1.54) is 6.07 Å². The summed E-state index contributed by atoms with van der Waals surface area (Å²) >= 11 is 0. The van der Waals surface area contributed by atoms with Crippen molar-refractivity contribution in [2.45, 2.75) is 6.54 Å². The molecule has 2 aliphatic rings. The number of benzene rings is 4. The van der Waals surface area contributed by atoms with Gasteiger partial charge in [-0.2, -0.15) is 0 Å². The molecule has 2 heterocycles. The minimum Gasteiger partial charge on any atom is -0.477 e. The van der Waals surface area contributed by atoms with Gasteiger partial charge in [-0.1, -0.05) is 24.3 Å². The Hall–Kier alpha value is -5.37. The van der Waals surface area contributed by atoms with Gasteiger partial charge in [0.2, 0.25) is 0 Å². The van der Waals surface area contributed by atoms with Crippen LogP contribution in [0.2, 0.25) is 0 Å². The predicted molar refractivity (Wildman–Crippen MR) is 155 cm³/mol. The summed E-state index contributed by atoms with van der Waals surface area (Å²) < 4.78 is 11.5. The summed E-state index contributed by atoms with van der Waals surface area (Å²) in [5.74, 6) is -0.651. The zero-order valence-corrected chi connectivity index (χ0v) is 21.8. The largest absolute Gasteiger partial charge is 0.477 e. The molecule has 40 heavy (non-hydrogen) atoms. The fourth-order valence-electron chi connectivity index (χ4n) is 4.84. The van der Waals surface area contributed by atoms with E-state index < -0.39 is 11.6 Å². The fraction of sp³-hybridized carbons (Fsp3) is 0.0938. The van der Waals surface area contributed by atoms with E-state index in [0.29, 0.717) is 28.6 Å². The lowest BCUT2D eigenvalue weighted by Crippen LogP contribution is -2.12. The molecule has 1 aromatic heterocycles. The van der Waals surface area contributed by atoms with E-state index in [-0.39, 0.29) is 5.56 Å². The number of rotatable bonds is 6. The van der Waals surface area contributed by atoms with Crippen molar-refractivity contribution < 1.29 is 18.7 Å². The number of aromatic carboxylic acids is 1. The molecule has 0 saturated heterocycles. The van der Waals surface area contributed by atoms with Crippen molar-refractivity contribution in [2.24, 2.45) is 0 Å². The van der Waals surface area contributed by atoms with E-state index in [0.717, 1.165) is 44.6 Å². The number of anilines is 2. The van der Waals surface area contributed by atoms with Gasteiger partial charge in [0, 0.05) is 66.0 Å². The Morgan fingerprint density at radius 2 is 1.70 bits per heavy atom. The van der Waals surface area contributed by atoms with Crippen molar-refractivity contribution in [3.63, 3.8) is 0 Å². The zero-order valence-electron chi connectivity index (χ0n) is 21.8. The minimum absolute atomic E-state index is 0.339. The molecule has 0 spiro atoms. The Bertz CT molecular complexity index is 2010. The predicted octanol–water partition coefficient (Wildman–Crippen LogP) is 6.17. The summed E-state index contributed by atoms with van der Waals surface area (Å²) in [5, 5.41) is 22.5. The van der Waals surface area contributed by atoms with Gasteiger partial charge in [-0.15, -0.1) is 0 Å². The Kier molecular flexibility index (Phi) is 6.07. The smallest absolute Gasteiger partial charge is 0.351 e. The Morgan fingerprint density at radius 3 is 2.45 bits per heavy atom. The molecule has 3 aromatic carbocycles. The van der Waals surface area contributed by atoms with Crippen LogP contribution in [-0.2, 0) is 6.54 Å². The summed E-state index contributed by atoms with van der Waals surface area (Å²) in [6.45, 7) is 0.481. The van der Waals surface area contributed by atoms with E-state index in [1.54, 1.807) is 24.3 Å². The Labute approximate surface area is 228 Å². The third-order valence-electron chi connectivity index (χ3n) is 6.92. The van der Waals surface area contributed by atoms with E-state index in [1.807, 2.05) is 49.3 Å². The second-order valence-electron chi connectivity index (χ2n) is 9.82. The van der Waals surface area contributed by atoms with E-state index in [4.69, 9.17) is 19.4 Å². The maximum Gasteiger partial charge on any atom is 0.351 e. The fourth-order valence-corrected chi connectivity index (χ4v) is 4.84. The molecule has 1 aliphatic heterocycles. The number of hydrogen-bond acceptors (Lipinski definition) is 7. The monoisotopic (exact) mass is 531 g/mol. The van der Waals surface area contributed by atoms with Gasteiger partial charge in [-0.05, 0) is 59.7 Å². The summed E-state index contributed by atoms with van der Waals surface area (Å²) in [6.07, 6.45) is 0. The first kappa shape index (κ1) is 24.9. The van der Waals surface area contributed by atoms with Crippen LogP contribution in [0, 0.1) is 5.41 Å². The van der Waals surface area contributed by atoms with Gasteiger partial charge in [0.25, 0.3) is 0 Å². The van der Waals surface area contributed by atoms with Gasteiger partial charge in [0.15, 0.2) is 0 Å². The molecule has 0 atom stereocenters. The highest BCUT2D eigenvalue weighted by atomic mass is 16.4. The molecule has 4 aromatic rings. The lowest BCUT2D eigenvalue weighted by Gasteiger charge is -2.18. The maximum atomic E-state index is 12.0. The summed E-state index contributed by atoms with van der Waals surface area (Å²) in [7, 11) is 3.97. The lowest BCUT2D eigenvalue weighted by molar-refractivity contribution is 0.0692. The highest BCUT2D eigenvalue weighted by Gasteiger charge is 2.18. The molecular weight excluding hydrogens is 506 g/mol. The molecule has 0 amide bonds. The first-order valence-corrected chi connectivity index (χ1v) is 12.6. The van der Waals surface area contributed by atoms with Crippen molar-refractivity contribution in [2.75, 3.05) is 24.3 Å². The number of carboxylic acids is 1. The molecule has 8 heteroatoms. The topological polar surface area (TPSA) is 120 Å². The number of carbonyl (C=O) groups is 1. The first-order valence-electron chi connectivity index (χ1n) is 12.6. The highest BCUT2D eigenvalue weighted by molar-refractivity contribution is 6.02. The van der Waals surface area contributed by atoms with Crippen molar-refractivity contribution in [3.05, 3.63) is 112 Å². The Balaban J connectivity index is 1.31. The maximum absolute atomic E-state index is 12.0. The van der Waals surface area contributed by atoms with Crippen LogP contribution in [0.25, 0.3) is 44.4 Å². The van der Waals surface area contributed by atoms with Gasteiger partial charge in [0.1, 0.15) is 22.5 Å². The van der Waals surface area contributed by atoms with Gasteiger partial charge < -0.3 is 29.6 Å². The van der Waals surface area contributed by atoms with Crippen molar-refractivity contribution in [1.29, 1.82) is 5.41 Å². The molecule has 6 rings (SSSR count). The molecule has 3 N–H and O–H groups in total. The molecule has 0 saturated carbocycles. The van der Waals surface area contributed by atoms with Crippen molar-refractivity contribution in [3.8, 4) is 22.5 Å². The zero-order chi connectivity index (χ0) is 28.0. The third-order valence-corrected chi connectivity index (χ3v) is 6.92. The van der Waals surface area contributed by atoms with Crippen molar-refractivity contribution >= 4 is 39.3 Å². The summed E-state index contributed by atoms with van der Waals surface area (Å²) in [6, 6.07) is 26.4. The van der Waals surface area contributed by atoms with Crippen LogP contribution in [-0.4, -0.2) is 25.2 Å². The van der Waals surface area contributed by atoms with Crippen LogP contribution < -0.4 is 21.2 Å². The van der Waals surface area contributed by atoms with Crippen molar-refractivity contribution in [1.82, 2.24) is 0 Å². The molecule has 1 aliphatic carbocycles. The lowest BCUT2D eigenvalue weighted by atomic mass is 9.93. The quantitative estimate of drug-likeness (QED) is 0.174. The van der Waals surface area contributed by atoms with Crippen LogP contribution in [0.4, 0.5) is 11.4 Å². The van der Waals surface area contributed by atoms with E-state index in [9.17, 15) is 9.59 Å². The number of carboxylic acid groups (broad SMARTS) is 1. The number of nitrogens with one attached hydrogen (secondary N) is 2. The molecule has 0 bridgehead atoms. The van der Waals surface area contributed by atoms with Crippen LogP contribution >= 0.6 is 0 Å². The summed E-state index contributed by atoms with van der Waals surface area (Å²) in [5.41, 5.74) is 5.65. The second-order valence-corrected chi connectivity index (χ2v) is 9.82. The van der Waals surface area contributed by atoms with E-state index >= 15 is 0 Å². The molecule has 0 unspecified atom stereocenters. The van der Waals surface area contributed by atoms with Gasteiger partial charge >= 0.3 is 11.6 Å². The van der Waals surface area contributed by atoms with Crippen LogP contribution in [0.15, 0.2) is 98.6 Å². The molecular formula is C32H25N3O5. The average molecular weight is 532 g/mol. The summed E-state index contributed by atoms with van der Waals surface area (Å²) in [4.78, 5) is 25.2. The molecule has 0 radical (unpaired) electrons. The van der Waals surface area contributed by atoms with Gasteiger partial charge in [-0.25, -0.2) is 9.59 Å². The van der Waals surface area contributed by atoms with Crippen LogP contribution in [0.3, 0.4) is 0 Å². The SMILES string of the molecule is CN(C)c1ccc2c(-c3ccc(NCc4ccc5cc(C(=O)O)c(=O)oc5c4)cc3)c3ccc(=N)cc-3oc2c1. The minimum atomic E-state index is -1.31. The highest BCUT2D eigenvalue weighted by Crippen LogP contribution is 2.41. The van der Waals surface area contributed by atoms with Crippen LogP contribution in [0.5, 0.6) is 0 Å². The van der Waals surface area contributed by atoms with Crippen LogP contribution in [0.1, 0.15) is 15.9 Å². The number of nitrogens with zero attached hydrogens (tertiary/aromatic N) is 1. The second kappa shape index (κ2) is 9.74. The molecule has 0 fully saturated rings. The van der Waals surface area contributed by atoms with Gasteiger partial charge in [0.05, 0.1) is 5.36 Å². The normalized spacial score (nSPS) is 11.2. The number of fused-ring (bicyclic) bond motifs is 3. The Morgan fingerprint density at radius 1 is 0.900 bits per heavy atom. The average Bonchev–Trinajstić information content (AvgIpc) is 2.94. The standard InChI is InChI=1S/C32H25N3O5/c1-35(2)23-10-12-25-29(16-23)39-28-15-21(33)7-11-24(28)30(25)19-5-8-22(9-6-19)34-17-18-3-4-20-14-26(31(36)37)32(38)40-27(20)13-18/h3-16,33-34H,17H2,1-2H3,(H,36,37). The van der Waals surface area contributed by atoms with Gasteiger partial charge in [-0.3, -0.25) is 0 Å². The van der Waals surface area contributed by atoms with E-state index in [2.05, 4.69) is 29.6 Å². The molecule has 8 nitrogen and oxygen atoms in total. The third kappa shape index (κ3) is 4.56. The number of hydrogen-bond donors (Lipinski definition) is 3. The first-order chi connectivity index (χ1) is 19.3. The molecule has 198 valence electrons.